The Balaban J connectivity index is 1.81. The second-order valence-corrected chi connectivity index (χ2v) is 7.80. The summed E-state index contributed by atoms with van der Waals surface area (Å²) in [5.74, 6) is -0.432. The van der Waals surface area contributed by atoms with Gasteiger partial charge < -0.3 is 10.1 Å². The first kappa shape index (κ1) is 21.3. The van der Waals surface area contributed by atoms with Gasteiger partial charge >= 0.3 is 0 Å². The summed E-state index contributed by atoms with van der Waals surface area (Å²) in [4.78, 5) is 26.8. The van der Waals surface area contributed by atoms with E-state index in [4.69, 9.17) is 4.74 Å². The van der Waals surface area contributed by atoms with Gasteiger partial charge in [0, 0.05) is 30.6 Å². The second-order valence-electron chi connectivity index (χ2n) is 6.93. The molecule has 154 valence electrons. The van der Waals surface area contributed by atoms with Crippen molar-refractivity contribution in [2.75, 3.05) is 39.1 Å². The topological polar surface area (TPSA) is 84.7 Å². The molecule has 0 bridgehead atoms. The van der Waals surface area contributed by atoms with Gasteiger partial charge in [-0.15, -0.1) is 11.8 Å². The van der Waals surface area contributed by atoms with Crippen LogP contribution in [0.25, 0.3) is 0 Å². The van der Waals surface area contributed by atoms with Crippen LogP contribution in [0.5, 0.6) is 0 Å². The Morgan fingerprint density at radius 1 is 1.24 bits per heavy atom. The van der Waals surface area contributed by atoms with Crippen LogP contribution in [0.1, 0.15) is 27.5 Å². The van der Waals surface area contributed by atoms with E-state index in [1.54, 1.807) is 12.1 Å². The third-order valence-electron chi connectivity index (χ3n) is 5.05. The number of carbonyl (C=O) groups excluding carboxylic acids is 1. The summed E-state index contributed by atoms with van der Waals surface area (Å²) in [6.45, 7) is 5.25. The van der Waals surface area contributed by atoms with Crippen LogP contribution in [0.4, 0.5) is 5.69 Å². The lowest BCUT2D eigenvalue weighted by Crippen LogP contribution is -2.43. The first-order chi connectivity index (χ1) is 14.0. The van der Waals surface area contributed by atoms with Crippen LogP contribution in [0, 0.1) is 17.0 Å². The van der Waals surface area contributed by atoms with Crippen LogP contribution in [0.2, 0.25) is 0 Å². The highest BCUT2D eigenvalue weighted by Gasteiger charge is 2.25. The number of nitrogens with zero attached hydrogens (tertiary/aromatic N) is 2. The Bertz CT molecular complexity index is 867. The van der Waals surface area contributed by atoms with E-state index in [0.717, 1.165) is 23.5 Å². The number of carbonyl (C=O) groups is 1. The van der Waals surface area contributed by atoms with E-state index in [0.29, 0.717) is 19.8 Å². The maximum absolute atomic E-state index is 12.8. The van der Waals surface area contributed by atoms with Gasteiger partial charge in [0.25, 0.3) is 11.6 Å². The molecule has 0 aliphatic carbocycles. The van der Waals surface area contributed by atoms with E-state index < -0.39 is 10.8 Å². The van der Waals surface area contributed by atoms with Gasteiger partial charge in [-0.05, 0) is 30.9 Å². The van der Waals surface area contributed by atoms with E-state index in [9.17, 15) is 14.9 Å². The quantitative estimate of drug-likeness (QED) is 0.424. The predicted octanol–water partition coefficient (Wildman–Crippen LogP) is 3.43. The number of nitrogens with one attached hydrogen (secondary N) is 1. The number of morpholine rings is 1. The van der Waals surface area contributed by atoms with Crippen molar-refractivity contribution in [1.29, 1.82) is 0 Å². The number of ether oxygens (including phenoxy) is 1. The van der Waals surface area contributed by atoms with Gasteiger partial charge in [-0.3, -0.25) is 19.8 Å². The molecule has 0 spiro atoms. The molecule has 1 saturated heterocycles. The van der Waals surface area contributed by atoms with Crippen LogP contribution in [-0.4, -0.2) is 54.8 Å². The molecule has 7 nitrogen and oxygen atoms in total. The van der Waals surface area contributed by atoms with Gasteiger partial charge in [0.2, 0.25) is 0 Å². The predicted molar refractivity (Wildman–Crippen MR) is 114 cm³/mol. The van der Waals surface area contributed by atoms with Crippen molar-refractivity contribution in [3.63, 3.8) is 0 Å². The molecule has 3 rings (SSSR count). The molecule has 1 fully saturated rings. The molecule has 1 aliphatic rings. The van der Waals surface area contributed by atoms with Crippen molar-refractivity contribution >= 4 is 23.4 Å². The molecular weight excluding hydrogens is 390 g/mol. The summed E-state index contributed by atoms with van der Waals surface area (Å²) in [6, 6.07) is 12.8. The molecular formula is C21H25N3O4S. The highest BCUT2D eigenvalue weighted by atomic mass is 32.2. The number of nitro benzene ring substituents is 1. The molecule has 1 amide bonds. The summed E-state index contributed by atoms with van der Waals surface area (Å²) in [5, 5.41) is 14.3. The summed E-state index contributed by atoms with van der Waals surface area (Å²) < 4.78 is 5.46. The number of benzene rings is 2. The zero-order valence-electron chi connectivity index (χ0n) is 16.6. The smallest absolute Gasteiger partial charge is 0.282 e. The number of aryl methyl sites for hydroxylation is 1. The fourth-order valence-electron chi connectivity index (χ4n) is 3.40. The normalized spacial score (nSPS) is 15.7. The molecule has 8 heteroatoms. The first-order valence-corrected chi connectivity index (χ1v) is 10.7. The molecule has 1 unspecified atom stereocenters. The Kier molecular flexibility index (Phi) is 7.24. The van der Waals surface area contributed by atoms with E-state index in [1.165, 1.54) is 23.4 Å². The second kappa shape index (κ2) is 9.87. The maximum atomic E-state index is 12.8. The van der Waals surface area contributed by atoms with Gasteiger partial charge in [0.05, 0.1) is 24.2 Å². The third kappa shape index (κ3) is 5.35. The number of amides is 1. The Labute approximate surface area is 174 Å². The van der Waals surface area contributed by atoms with E-state index in [2.05, 4.69) is 34.5 Å². The Morgan fingerprint density at radius 2 is 1.93 bits per heavy atom. The summed E-state index contributed by atoms with van der Waals surface area (Å²) in [5.41, 5.74) is 2.18. The minimum absolute atomic E-state index is 0.0220. The van der Waals surface area contributed by atoms with Crippen molar-refractivity contribution in [2.45, 2.75) is 17.9 Å². The molecule has 1 atom stereocenters. The van der Waals surface area contributed by atoms with Crippen LogP contribution in [-0.2, 0) is 4.74 Å². The number of hydrogen-bond donors (Lipinski definition) is 1. The molecule has 29 heavy (non-hydrogen) atoms. The molecule has 2 aromatic rings. The van der Waals surface area contributed by atoms with Crippen LogP contribution >= 0.6 is 11.8 Å². The average Bonchev–Trinajstić information content (AvgIpc) is 2.75. The van der Waals surface area contributed by atoms with Crippen molar-refractivity contribution in [1.82, 2.24) is 10.2 Å². The fraction of sp³-hybridized carbons (Fsp3) is 0.381. The SMILES string of the molecule is CSc1ccc([N+](=O)[O-])c(C(=O)NCC(c2ccc(C)cc2)N2CCOCC2)c1. The lowest BCUT2D eigenvalue weighted by atomic mass is 10.0. The molecule has 1 N–H and O–H groups in total. The Morgan fingerprint density at radius 3 is 2.55 bits per heavy atom. The Hall–Kier alpha value is -2.42. The van der Waals surface area contributed by atoms with Crippen LogP contribution in [0.3, 0.4) is 0 Å². The number of nitro groups is 1. The number of rotatable bonds is 7. The average molecular weight is 416 g/mol. The van der Waals surface area contributed by atoms with Crippen molar-refractivity contribution in [3.8, 4) is 0 Å². The first-order valence-electron chi connectivity index (χ1n) is 9.48. The van der Waals surface area contributed by atoms with Crippen molar-refractivity contribution in [3.05, 3.63) is 69.3 Å². The van der Waals surface area contributed by atoms with Gasteiger partial charge in [-0.25, -0.2) is 0 Å². The maximum Gasteiger partial charge on any atom is 0.282 e. The standard InChI is InChI=1S/C21H25N3O4S/c1-15-3-5-16(6-4-15)20(23-9-11-28-12-10-23)14-22-21(25)18-13-17(29-2)7-8-19(18)24(26)27/h3-8,13,20H,9-12,14H2,1-2H3,(H,22,25). The van der Waals surface area contributed by atoms with E-state index >= 15 is 0 Å². The lowest BCUT2D eigenvalue weighted by Gasteiger charge is -2.35. The molecule has 0 aromatic heterocycles. The van der Waals surface area contributed by atoms with Gasteiger partial charge in [-0.2, -0.15) is 0 Å². The summed E-state index contributed by atoms with van der Waals surface area (Å²) >= 11 is 1.44. The monoisotopic (exact) mass is 415 g/mol. The highest BCUT2D eigenvalue weighted by Crippen LogP contribution is 2.26. The molecule has 1 aliphatic heterocycles. The molecule has 2 aromatic carbocycles. The third-order valence-corrected chi connectivity index (χ3v) is 5.77. The largest absolute Gasteiger partial charge is 0.379 e. The lowest BCUT2D eigenvalue weighted by molar-refractivity contribution is -0.385. The highest BCUT2D eigenvalue weighted by molar-refractivity contribution is 7.98. The fourth-order valence-corrected chi connectivity index (χ4v) is 3.84. The van der Waals surface area contributed by atoms with Crippen molar-refractivity contribution in [2.24, 2.45) is 0 Å². The zero-order chi connectivity index (χ0) is 20.8. The molecule has 1 heterocycles. The van der Waals surface area contributed by atoms with E-state index in [-0.39, 0.29) is 17.3 Å². The molecule has 0 radical (unpaired) electrons. The van der Waals surface area contributed by atoms with Crippen LogP contribution < -0.4 is 5.32 Å². The van der Waals surface area contributed by atoms with Gasteiger partial charge in [0.15, 0.2) is 0 Å². The summed E-state index contributed by atoms with van der Waals surface area (Å²) in [6.07, 6.45) is 1.87. The van der Waals surface area contributed by atoms with Crippen LogP contribution in [0.15, 0.2) is 47.4 Å². The zero-order valence-corrected chi connectivity index (χ0v) is 17.4. The number of hydrogen-bond acceptors (Lipinski definition) is 6. The van der Waals surface area contributed by atoms with Crippen molar-refractivity contribution < 1.29 is 14.5 Å². The van der Waals surface area contributed by atoms with E-state index in [1.807, 2.05) is 13.2 Å². The number of thioether (sulfide) groups is 1. The van der Waals surface area contributed by atoms with Gasteiger partial charge in [0.1, 0.15) is 5.56 Å². The minimum Gasteiger partial charge on any atom is -0.379 e. The summed E-state index contributed by atoms with van der Waals surface area (Å²) in [7, 11) is 0. The minimum atomic E-state index is -0.515. The molecule has 0 saturated carbocycles. The van der Waals surface area contributed by atoms with Gasteiger partial charge in [-0.1, -0.05) is 29.8 Å².